The molecular weight excluding hydrogens is 238 g/mol. The van der Waals surface area contributed by atoms with Crippen molar-refractivity contribution in [3.05, 3.63) is 0 Å². The molecule has 0 aromatic carbocycles. The number of hydrogen-bond acceptors (Lipinski definition) is 2. The summed E-state index contributed by atoms with van der Waals surface area (Å²) in [6, 6.07) is 0. The van der Waals surface area contributed by atoms with E-state index in [1.165, 1.54) is 0 Å². The third kappa shape index (κ3) is 1.73. The van der Waals surface area contributed by atoms with Crippen molar-refractivity contribution < 1.29 is 10.2 Å². The van der Waals surface area contributed by atoms with Crippen molar-refractivity contribution in [3.8, 4) is 0 Å². The van der Waals surface area contributed by atoms with Crippen LogP contribution in [0.15, 0.2) is 0 Å². The summed E-state index contributed by atoms with van der Waals surface area (Å²) >= 11 is 1.32. The fourth-order valence-corrected chi connectivity index (χ4v) is 7.52. The van der Waals surface area contributed by atoms with Crippen LogP contribution in [-0.4, -0.2) is 48.7 Å². The van der Waals surface area contributed by atoms with Gasteiger partial charge in [0.25, 0.3) is 0 Å². The van der Waals surface area contributed by atoms with Gasteiger partial charge in [-0.25, -0.2) is 0 Å². The van der Waals surface area contributed by atoms with Gasteiger partial charge in [0.1, 0.15) is 0 Å². The first-order valence-electron chi connectivity index (χ1n) is 2.41. The van der Waals surface area contributed by atoms with Gasteiger partial charge in [-0.3, -0.25) is 0 Å². The van der Waals surface area contributed by atoms with Crippen LogP contribution in [0.3, 0.4) is 0 Å². The van der Waals surface area contributed by atoms with Crippen LogP contribution in [0.4, 0.5) is 0 Å². The quantitative estimate of drug-likeness (QED) is 0.532. The Hall–Kier alpha value is 0.959. The second-order valence-corrected chi connectivity index (χ2v) is 9.23. The van der Waals surface area contributed by atoms with Gasteiger partial charge in [-0.1, -0.05) is 0 Å². The standard InChI is InChI=1S/C4H8O2Se2/c5-3-1-7-8-2-4(3)6/h3-6H,1-2H2/t3-,4-/m1/s1. The van der Waals surface area contributed by atoms with Gasteiger partial charge in [0.2, 0.25) is 0 Å². The zero-order valence-electron chi connectivity index (χ0n) is 4.28. The SMILES string of the molecule is O[C@@H]1C[Se][Se]C[C@H]1O. The van der Waals surface area contributed by atoms with Crippen LogP contribution in [0.1, 0.15) is 0 Å². The van der Waals surface area contributed by atoms with Gasteiger partial charge < -0.3 is 0 Å². The molecule has 1 saturated heterocycles. The van der Waals surface area contributed by atoms with Crippen molar-refractivity contribution in [2.75, 3.05) is 0 Å². The summed E-state index contributed by atoms with van der Waals surface area (Å²) in [5, 5.41) is 19.6. The number of rotatable bonds is 0. The first-order valence-corrected chi connectivity index (χ1v) is 9.17. The zero-order chi connectivity index (χ0) is 5.98. The van der Waals surface area contributed by atoms with Gasteiger partial charge in [-0.15, -0.1) is 0 Å². The molecule has 8 heavy (non-hydrogen) atoms. The second kappa shape index (κ2) is 3.21. The Bertz CT molecular complexity index is 68.4. The first kappa shape index (κ1) is 7.07. The maximum absolute atomic E-state index is 8.95. The van der Waals surface area contributed by atoms with E-state index in [4.69, 9.17) is 10.2 Å². The van der Waals surface area contributed by atoms with E-state index in [0.717, 1.165) is 10.6 Å². The van der Waals surface area contributed by atoms with E-state index >= 15 is 0 Å². The molecule has 0 aromatic heterocycles. The zero-order valence-corrected chi connectivity index (χ0v) is 7.71. The summed E-state index contributed by atoms with van der Waals surface area (Å²) in [5.74, 6) is 0. The van der Waals surface area contributed by atoms with Crippen LogP contribution in [0, 0.1) is 0 Å². The molecule has 0 unspecified atom stereocenters. The molecule has 48 valence electrons. The molecule has 2 atom stereocenters. The van der Waals surface area contributed by atoms with Crippen LogP contribution in [0.5, 0.6) is 0 Å². The average molecular weight is 246 g/mol. The summed E-state index contributed by atoms with van der Waals surface area (Å²) in [5.41, 5.74) is 0. The van der Waals surface area contributed by atoms with Crippen molar-refractivity contribution in [2.45, 2.75) is 22.8 Å². The van der Waals surface area contributed by atoms with Crippen molar-refractivity contribution in [3.63, 3.8) is 0 Å². The van der Waals surface area contributed by atoms with Gasteiger partial charge in [0, 0.05) is 0 Å². The molecule has 0 radical (unpaired) electrons. The Labute approximate surface area is 59.5 Å². The third-order valence-corrected chi connectivity index (χ3v) is 8.14. The normalized spacial score (nSPS) is 39.8. The second-order valence-electron chi connectivity index (χ2n) is 1.70. The third-order valence-electron chi connectivity index (χ3n) is 1.01. The minimum absolute atomic E-state index is 0.398. The van der Waals surface area contributed by atoms with Gasteiger partial charge in [-0.2, -0.15) is 0 Å². The number of aliphatic hydroxyl groups is 2. The molecule has 0 aromatic rings. The summed E-state index contributed by atoms with van der Waals surface area (Å²) in [6.45, 7) is 0. The Morgan fingerprint density at radius 3 is 1.62 bits per heavy atom. The summed E-state index contributed by atoms with van der Waals surface area (Å²) < 4.78 is 0. The van der Waals surface area contributed by atoms with Crippen molar-refractivity contribution >= 4 is 26.3 Å². The van der Waals surface area contributed by atoms with Crippen LogP contribution in [0.2, 0.25) is 10.6 Å². The predicted molar refractivity (Wildman–Crippen MR) is 33.1 cm³/mol. The van der Waals surface area contributed by atoms with E-state index in [1.807, 2.05) is 0 Å². The molecule has 1 heterocycles. The molecule has 1 fully saturated rings. The maximum atomic E-state index is 8.95. The van der Waals surface area contributed by atoms with Gasteiger partial charge in [-0.05, 0) is 0 Å². The molecule has 0 bridgehead atoms. The Balaban J connectivity index is 2.28. The summed E-state index contributed by atoms with van der Waals surface area (Å²) in [7, 11) is 0. The molecule has 2 N–H and O–H groups in total. The molecule has 2 nitrogen and oxygen atoms in total. The molecule has 0 amide bonds. The van der Waals surface area contributed by atoms with Crippen molar-refractivity contribution in [1.82, 2.24) is 0 Å². The summed E-state index contributed by atoms with van der Waals surface area (Å²) in [4.78, 5) is 0. The fourth-order valence-electron chi connectivity index (χ4n) is 0.458. The van der Waals surface area contributed by atoms with Crippen LogP contribution in [0.25, 0.3) is 0 Å². The van der Waals surface area contributed by atoms with Crippen LogP contribution < -0.4 is 0 Å². The molecular formula is C4H8O2Se2. The van der Waals surface area contributed by atoms with Crippen LogP contribution in [-0.2, 0) is 0 Å². The van der Waals surface area contributed by atoms with Crippen LogP contribution >= 0.6 is 0 Å². The predicted octanol–water partition coefficient (Wildman–Crippen LogP) is -1.12. The van der Waals surface area contributed by atoms with E-state index in [2.05, 4.69) is 0 Å². The van der Waals surface area contributed by atoms with E-state index in [9.17, 15) is 0 Å². The molecule has 1 rings (SSSR count). The Kier molecular flexibility index (Phi) is 2.84. The van der Waals surface area contributed by atoms with Gasteiger partial charge in [0.15, 0.2) is 0 Å². The van der Waals surface area contributed by atoms with Crippen molar-refractivity contribution in [2.24, 2.45) is 0 Å². The van der Waals surface area contributed by atoms with Crippen molar-refractivity contribution in [1.29, 1.82) is 0 Å². The Morgan fingerprint density at radius 2 is 1.38 bits per heavy atom. The molecule has 0 saturated carbocycles. The molecule has 1 aliphatic rings. The topological polar surface area (TPSA) is 40.5 Å². The number of hydrogen-bond donors (Lipinski definition) is 2. The van der Waals surface area contributed by atoms with E-state index < -0.39 is 12.2 Å². The average Bonchev–Trinajstić information content (AvgIpc) is 1.77. The molecule has 4 heteroatoms. The van der Waals surface area contributed by atoms with E-state index in [-0.39, 0.29) is 0 Å². The first-order chi connectivity index (χ1) is 3.80. The monoisotopic (exact) mass is 248 g/mol. The Morgan fingerprint density at radius 1 is 1.00 bits per heavy atom. The molecule has 1 aliphatic heterocycles. The van der Waals surface area contributed by atoms with Gasteiger partial charge in [0.05, 0.1) is 0 Å². The minimum atomic E-state index is -0.398. The molecule has 0 aliphatic carbocycles. The fraction of sp³-hybridized carbons (Fsp3) is 1.00. The number of aliphatic hydroxyl groups excluding tert-OH is 2. The van der Waals surface area contributed by atoms with E-state index in [0.29, 0.717) is 26.3 Å². The van der Waals surface area contributed by atoms with Gasteiger partial charge >= 0.3 is 59.3 Å². The van der Waals surface area contributed by atoms with E-state index in [1.54, 1.807) is 0 Å². The summed E-state index contributed by atoms with van der Waals surface area (Å²) in [6.07, 6.45) is -0.795. The molecule has 0 spiro atoms.